The molecule has 4 aromatic carbocycles. The number of hydrogen-bond acceptors (Lipinski definition) is 11. The topological polar surface area (TPSA) is 175 Å². The van der Waals surface area contributed by atoms with E-state index in [1.807, 2.05) is 107 Å². The van der Waals surface area contributed by atoms with Crippen LogP contribution in [0, 0.1) is 22.7 Å². The van der Waals surface area contributed by atoms with Gasteiger partial charge in [-0.3, -0.25) is 28.8 Å². The molecule has 0 aromatic heterocycles. The number of benzene rings is 4. The monoisotopic (exact) mass is 1410 g/mol. The molecule has 4 aliphatic rings. The number of ether oxygens (including phenoxy) is 2. The van der Waals surface area contributed by atoms with Gasteiger partial charge >= 0.3 is 0 Å². The van der Waals surface area contributed by atoms with Gasteiger partial charge in [-0.1, -0.05) is 126 Å². The van der Waals surface area contributed by atoms with Crippen molar-refractivity contribution in [2.75, 3.05) is 31.8 Å². The minimum Gasteiger partial charge on any atom is -0.374 e. The van der Waals surface area contributed by atoms with Crippen molar-refractivity contribution >= 4 is 205 Å². The molecule has 5 amide bonds. The zero-order chi connectivity index (χ0) is 54.3. The Morgan fingerprint density at radius 3 is 1.44 bits per heavy atom. The van der Waals surface area contributed by atoms with Crippen molar-refractivity contribution in [3.05, 3.63) is 119 Å². The summed E-state index contributed by atoms with van der Waals surface area (Å²) in [5.41, 5.74) is 2.74. The molecule has 0 spiro atoms. The van der Waals surface area contributed by atoms with Gasteiger partial charge in [-0.05, 0) is 114 Å². The standard InChI is InChI=1S/C60H78N6O8S2.10H2S/c1-9-37(2)54(68)62-46-25-27-76-51-32-60(6,7)53(66(51)58(46)72)56(70)64-48(42-18-14-11-15-19-42)36-74-34-40-21-23-43-28-39(20-22-44(43)29-40)33-73-35-47(41-16-12-10-13-17-41)63-55(69)52-59(4,5)31-50-65(52)57(71)45(24-26-75-50)30-49(67)38(3)61-8;;;;;;;;;;/h10-23,28-29,37-38,45-48,50-53,61H,9,24-27,30-36H2,1-8H3,(H,62,68)(H,63,69)(H,64,70);10*1H2/t37-,38+,45-,46+,47-,48-,50+,51+,52-,53-;;;;;;;;;;/m1........../s1. The Morgan fingerprint density at radius 2 is 1.02 bits per heavy atom. The molecule has 86 heavy (non-hydrogen) atoms. The maximum Gasteiger partial charge on any atom is 0.246 e. The Balaban J connectivity index is -0.00000689. The van der Waals surface area contributed by atoms with Gasteiger partial charge in [0, 0.05) is 18.3 Å². The Kier molecular flexibility index (Phi) is 41.4. The number of likely N-dealkylation sites (N-methyl/N-ethyl adjacent to an activating group) is 1. The fourth-order valence-electron chi connectivity index (χ4n) is 11.3. The first-order valence-corrected chi connectivity index (χ1v) is 29.2. The maximum absolute atomic E-state index is 14.5. The molecule has 4 N–H and O–H groups in total. The van der Waals surface area contributed by atoms with Crippen molar-refractivity contribution in [2.24, 2.45) is 22.7 Å². The van der Waals surface area contributed by atoms with Gasteiger partial charge in [-0.25, -0.2) is 0 Å². The highest BCUT2D eigenvalue weighted by Gasteiger charge is 2.56. The first-order chi connectivity index (χ1) is 36.4. The molecule has 0 saturated carbocycles. The minimum absolute atomic E-state index is 0. The van der Waals surface area contributed by atoms with E-state index in [0.717, 1.165) is 38.8 Å². The van der Waals surface area contributed by atoms with Gasteiger partial charge in [0.1, 0.15) is 23.9 Å². The predicted molar refractivity (Wildman–Crippen MR) is 405 cm³/mol. The van der Waals surface area contributed by atoms with Crippen molar-refractivity contribution in [1.29, 1.82) is 0 Å². The lowest BCUT2D eigenvalue weighted by Crippen LogP contribution is -2.57. The number of Topliss-reactive ketones (excluding diaryl/α,β-unsaturated/α-hetero) is 1. The number of fused-ring (bicyclic) bond motifs is 3. The van der Waals surface area contributed by atoms with Gasteiger partial charge in [-0.15, -0.1) is 23.5 Å². The van der Waals surface area contributed by atoms with E-state index in [4.69, 9.17) is 9.47 Å². The summed E-state index contributed by atoms with van der Waals surface area (Å²) in [6, 6.07) is 28.5. The van der Waals surface area contributed by atoms with E-state index in [1.165, 1.54) is 0 Å². The van der Waals surface area contributed by atoms with E-state index < -0.39 is 47.0 Å². The zero-order valence-electron chi connectivity index (χ0n) is 50.5. The average molecular weight is 1420 g/mol. The summed E-state index contributed by atoms with van der Waals surface area (Å²) in [7, 11) is 1.74. The molecule has 4 heterocycles. The summed E-state index contributed by atoms with van der Waals surface area (Å²) < 4.78 is 12.8. The van der Waals surface area contributed by atoms with Crippen LogP contribution in [0.25, 0.3) is 10.8 Å². The number of ketones is 1. The number of carbonyl (C=O) groups excluding carboxylic acids is 6. The van der Waals surface area contributed by atoms with Gasteiger partial charge in [-0.2, -0.15) is 135 Å². The van der Waals surface area contributed by atoms with Gasteiger partial charge < -0.3 is 40.5 Å². The van der Waals surface area contributed by atoms with E-state index >= 15 is 0 Å². The molecule has 4 fully saturated rings. The Bertz CT molecular complexity index is 2560. The molecule has 0 aliphatic carbocycles. The van der Waals surface area contributed by atoms with Crippen LogP contribution in [0.1, 0.15) is 121 Å². The van der Waals surface area contributed by atoms with E-state index in [2.05, 4.69) is 59.4 Å². The second-order valence-corrected chi connectivity index (χ2v) is 25.2. The number of amides is 5. The lowest BCUT2D eigenvalue weighted by molar-refractivity contribution is -0.145. The molecule has 26 heteroatoms. The Hall–Kier alpha value is -1.76. The largest absolute Gasteiger partial charge is 0.374 e. The quantitative estimate of drug-likeness (QED) is 0.0625. The van der Waals surface area contributed by atoms with Crippen molar-refractivity contribution < 1.29 is 38.2 Å². The van der Waals surface area contributed by atoms with Crippen molar-refractivity contribution in [1.82, 2.24) is 31.1 Å². The second kappa shape index (κ2) is 40.3. The zero-order valence-corrected chi connectivity index (χ0v) is 62.1. The Labute approximate surface area is 589 Å². The third-order valence-corrected chi connectivity index (χ3v) is 18.6. The number of nitrogens with zero attached hydrogens (tertiary/aromatic N) is 2. The third kappa shape index (κ3) is 21.7. The van der Waals surface area contributed by atoms with Crippen LogP contribution in [-0.2, 0) is 51.5 Å². The molecule has 10 atom stereocenters. The highest BCUT2D eigenvalue weighted by atomic mass is 32.2. The van der Waals surface area contributed by atoms with Crippen LogP contribution in [-0.4, -0.2) is 112 Å². The molecule has 4 aromatic rings. The summed E-state index contributed by atoms with van der Waals surface area (Å²) in [6.45, 7) is 14.8. The summed E-state index contributed by atoms with van der Waals surface area (Å²) in [6.07, 6.45) is 3.29. The minimum atomic E-state index is -0.729. The molecular formula is C60H98N6O8S12. The van der Waals surface area contributed by atoms with E-state index in [1.54, 1.807) is 40.4 Å². The summed E-state index contributed by atoms with van der Waals surface area (Å²) in [4.78, 5) is 87.0. The first kappa shape index (κ1) is 88.4. The van der Waals surface area contributed by atoms with Gasteiger partial charge in [0.05, 0.1) is 55.3 Å². The third-order valence-electron chi connectivity index (χ3n) is 16.1. The van der Waals surface area contributed by atoms with Gasteiger partial charge in [0.2, 0.25) is 29.5 Å². The molecule has 0 bridgehead atoms. The molecule has 488 valence electrons. The maximum atomic E-state index is 14.5. The molecule has 8 rings (SSSR count). The van der Waals surface area contributed by atoms with Crippen LogP contribution < -0.4 is 21.3 Å². The highest BCUT2D eigenvalue weighted by molar-refractivity contribution is 8.00. The number of nitrogens with one attached hydrogen (secondary N) is 4. The highest BCUT2D eigenvalue weighted by Crippen LogP contribution is 2.48. The first-order valence-electron chi connectivity index (χ1n) is 27.1. The smallest absolute Gasteiger partial charge is 0.246 e. The second-order valence-electron chi connectivity index (χ2n) is 22.6. The summed E-state index contributed by atoms with van der Waals surface area (Å²) >= 11 is 3.39. The SMILES string of the molecule is CC[C@@H](C)C(=O)N[C@H]1CCS[C@H]2CC(C)(C)[C@@H](C(=O)N[C@H](COCc3ccc4cc(COC[C@@H](NC(=O)[C@H]5N6C(=O)[C@@H](CC(=O)[C@H](C)NC)CCS[C@H]6CC5(C)C)c5ccccc5)ccc4c3)c3ccccc3)N2C1=O.S.S.S.S.S.S.S.S.S.S. The van der Waals surface area contributed by atoms with Crippen LogP contribution in [0.4, 0.5) is 0 Å². The fourth-order valence-corrected chi connectivity index (χ4v) is 14.5. The van der Waals surface area contributed by atoms with Crippen molar-refractivity contribution in [3.8, 4) is 0 Å². The van der Waals surface area contributed by atoms with E-state index in [0.29, 0.717) is 51.1 Å². The van der Waals surface area contributed by atoms with Gasteiger partial charge in [0.25, 0.3) is 0 Å². The van der Waals surface area contributed by atoms with Crippen LogP contribution in [0.5, 0.6) is 0 Å². The lowest BCUT2D eigenvalue weighted by Gasteiger charge is -2.35. The molecule has 14 nitrogen and oxygen atoms in total. The van der Waals surface area contributed by atoms with Crippen molar-refractivity contribution in [3.63, 3.8) is 0 Å². The van der Waals surface area contributed by atoms with Crippen LogP contribution in [0.15, 0.2) is 97.1 Å². The summed E-state index contributed by atoms with van der Waals surface area (Å²) in [5.74, 6) is -0.148. The molecule has 4 saturated heterocycles. The normalized spacial score (nSPS) is 21.7. The van der Waals surface area contributed by atoms with Crippen LogP contribution >= 0.6 is 158 Å². The number of carbonyl (C=O) groups is 6. The predicted octanol–water partition coefficient (Wildman–Crippen LogP) is 9.61. The van der Waals surface area contributed by atoms with Gasteiger partial charge in [0.15, 0.2) is 0 Å². The fraction of sp³-hybridized carbons (Fsp3) is 0.533. The van der Waals surface area contributed by atoms with Crippen LogP contribution in [0.2, 0.25) is 0 Å². The summed E-state index contributed by atoms with van der Waals surface area (Å²) in [5, 5.41) is 14.3. The van der Waals surface area contributed by atoms with E-state index in [-0.39, 0.29) is 213 Å². The molecule has 0 unspecified atom stereocenters. The lowest BCUT2D eigenvalue weighted by atomic mass is 9.83. The number of rotatable bonds is 21. The van der Waals surface area contributed by atoms with E-state index in [9.17, 15) is 28.8 Å². The van der Waals surface area contributed by atoms with Crippen molar-refractivity contribution in [2.45, 2.75) is 147 Å². The number of thioether (sulfide) groups is 2. The Morgan fingerprint density at radius 1 is 0.605 bits per heavy atom. The average Bonchev–Trinajstić information content (AvgIpc) is 1.79. The molecule has 0 radical (unpaired) electrons. The molecule has 4 aliphatic heterocycles. The molecular weight excluding hydrogens is 1320 g/mol. The van der Waals surface area contributed by atoms with Crippen LogP contribution in [0.3, 0.4) is 0 Å². The number of hydrogen-bond donors (Lipinski definition) is 4.